The Morgan fingerprint density at radius 2 is 1.97 bits per heavy atom. The van der Waals surface area contributed by atoms with Crippen LogP contribution in [0.15, 0.2) is 65.4 Å². The summed E-state index contributed by atoms with van der Waals surface area (Å²) in [6, 6.07) is 14.9. The predicted octanol–water partition coefficient (Wildman–Crippen LogP) is 3.99. The number of methoxy groups -OCH3 is 1. The number of rotatable bonds is 8. The first-order valence-corrected chi connectivity index (χ1v) is 10.2. The first kappa shape index (κ1) is 20.0. The molecule has 1 saturated heterocycles. The van der Waals surface area contributed by atoms with Crippen molar-refractivity contribution in [3.8, 4) is 5.75 Å². The maximum absolute atomic E-state index is 13.0. The fourth-order valence-electron chi connectivity index (χ4n) is 3.73. The van der Waals surface area contributed by atoms with Crippen molar-refractivity contribution in [2.24, 2.45) is 0 Å². The number of ether oxygens (including phenoxy) is 1. The largest absolute Gasteiger partial charge is 0.497 e. The van der Waals surface area contributed by atoms with Gasteiger partial charge in [-0.2, -0.15) is 0 Å². The Labute approximate surface area is 176 Å². The van der Waals surface area contributed by atoms with Gasteiger partial charge in [0.25, 0.3) is 5.91 Å². The lowest BCUT2D eigenvalue weighted by Gasteiger charge is -2.26. The van der Waals surface area contributed by atoms with Gasteiger partial charge in [-0.05, 0) is 74.5 Å². The molecule has 0 spiro atoms. The van der Waals surface area contributed by atoms with E-state index >= 15 is 0 Å². The number of furan rings is 1. The molecule has 0 saturated carbocycles. The molecule has 4 rings (SSSR count). The minimum atomic E-state index is -0.171. The summed E-state index contributed by atoms with van der Waals surface area (Å²) in [4.78, 5) is 19.7. The monoisotopic (exact) mass is 406 g/mol. The second kappa shape index (κ2) is 9.45. The van der Waals surface area contributed by atoms with Crippen molar-refractivity contribution in [1.82, 2.24) is 15.2 Å². The molecule has 3 heterocycles. The molecule has 2 aromatic heterocycles. The fourth-order valence-corrected chi connectivity index (χ4v) is 3.73. The number of nitrogens with zero attached hydrogens (tertiary/aromatic N) is 2. The Kier molecular flexibility index (Phi) is 6.29. The van der Waals surface area contributed by atoms with E-state index in [0.717, 1.165) is 30.3 Å². The summed E-state index contributed by atoms with van der Waals surface area (Å²) in [5.74, 6) is 1.98. The molecular formula is C23H26N4O3. The number of hydrogen-bond acceptors (Lipinski definition) is 6. The number of carbonyl (C=O) groups excluding carboxylic acids is 1. The van der Waals surface area contributed by atoms with Crippen LogP contribution < -0.4 is 15.4 Å². The van der Waals surface area contributed by atoms with Crippen LogP contribution in [-0.2, 0) is 0 Å². The van der Waals surface area contributed by atoms with E-state index in [2.05, 4.69) is 20.5 Å². The number of pyridine rings is 1. The number of amides is 1. The molecule has 1 atom stereocenters. The smallest absolute Gasteiger partial charge is 0.255 e. The lowest BCUT2D eigenvalue weighted by molar-refractivity contribution is 0.0934. The molecule has 2 N–H and O–H groups in total. The van der Waals surface area contributed by atoms with Crippen molar-refractivity contribution < 1.29 is 13.9 Å². The van der Waals surface area contributed by atoms with Crippen LogP contribution >= 0.6 is 0 Å². The van der Waals surface area contributed by atoms with Gasteiger partial charge in [0.2, 0.25) is 0 Å². The normalized spacial score (nSPS) is 15.0. The number of nitrogens with one attached hydrogen (secondary N) is 2. The molecule has 0 bridgehead atoms. The number of hydrogen-bond donors (Lipinski definition) is 2. The quantitative estimate of drug-likeness (QED) is 0.589. The lowest BCUT2D eigenvalue weighted by Crippen LogP contribution is -2.36. The van der Waals surface area contributed by atoms with Gasteiger partial charge in [0.05, 0.1) is 25.0 Å². The fraction of sp³-hybridized carbons (Fsp3) is 0.304. The van der Waals surface area contributed by atoms with Crippen LogP contribution in [0.4, 0.5) is 11.5 Å². The zero-order valence-electron chi connectivity index (χ0n) is 17.0. The van der Waals surface area contributed by atoms with Crippen LogP contribution in [0.5, 0.6) is 5.75 Å². The number of anilines is 2. The van der Waals surface area contributed by atoms with E-state index in [4.69, 9.17) is 9.15 Å². The van der Waals surface area contributed by atoms with E-state index in [9.17, 15) is 4.79 Å². The Balaban J connectivity index is 1.46. The molecule has 156 valence electrons. The highest BCUT2D eigenvalue weighted by atomic mass is 16.5. The zero-order valence-corrected chi connectivity index (χ0v) is 17.0. The molecular weight excluding hydrogens is 380 g/mol. The van der Waals surface area contributed by atoms with Gasteiger partial charge in [0.15, 0.2) is 0 Å². The highest BCUT2D eigenvalue weighted by Crippen LogP contribution is 2.25. The van der Waals surface area contributed by atoms with Crippen molar-refractivity contribution in [1.29, 1.82) is 0 Å². The maximum atomic E-state index is 13.0. The predicted molar refractivity (Wildman–Crippen MR) is 115 cm³/mol. The molecule has 1 unspecified atom stereocenters. The zero-order chi connectivity index (χ0) is 20.8. The molecule has 1 aromatic carbocycles. The number of likely N-dealkylation sites (tertiary alicyclic amines) is 1. The van der Waals surface area contributed by atoms with E-state index in [1.807, 2.05) is 36.4 Å². The summed E-state index contributed by atoms with van der Waals surface area (Å²) >= 11 is 0. The van der Waals surface area contributed by atoms with Gasteiger partial charge < -0.3 is 19.8 Å². The van der Waals surface area contributed by atoms with Gasteiger partial charge in [0.1, 0.15) is 17.3 Å². The third-order valence-corrected chi connectivity index (χ3v) is 5.31. The third-order valence-electron chi connectivity index (χ3n) is 5.31. The standard InChI is InChI=1S/C23H26N4O3/c1-29-18-10-8-17(9-11-18)26-22-19(6-4-12-24-22)23(28)25-16-20(21-7-5-15-30-21)27-13-2-3-14-27/h4-12,15,20H,2-3,13-14,16H2,1H3,(H,24,26)(H,25,28). The second-order valence-electron chi connectivity index (χ2n) is 7.24. The van der Waals surface area contributed by atoms with E-state index in [0.29, 0.717) is 17.9 Å². The Hall–Kier alpha value is -3.32. The van der Waals surface area contributed by atoms with Gasteiger partial charge >= 0.3 is 0 Å². The van der Waals surface area contributed by atoms with Gasteiger partial charge in [-0.15, -0.1) is 0 Å². The molecule has 3 aromatic rings. The van der Waals surface area contributed by atoms with E-state index in [-0.39, 0.29) is 11.9 Å². The minimum Gasteiger partial charge on any atom is -0.497 e. The van der Waals surface area contributed by atoms with Crippen LogP contribution in [-0.4, -0.2) is 42.5 Å². The molecule has 1 amide bonds. The van der Waals surface area contributed by atoms with Gasteiger partial charge in [-0.25, -0.2) is 4.98 Å². The average molecular weight is 406 g/mol. The molecule has 1 fully saturated rings. The van der Waals surface area contributed by atoms with E-state index in [1.165, 1.54) is 12.8 Å². The topological polar surface area (TPSA) is 79.6 Å². The molecule has 7 heteroatoms. The summed E-state index contributed by atoms with van der Waals surface area (Å²) in [7, 11) is 1.63. The van der Waals surface area contributed by atoms with Crippen LogP contribution in [0, 0.1) is 0 Å². The van der Waals surface area contributed by atoms with Crippen LogP contribution in [0.1, 0.15) is 35.0 Å². The Morgan fingerprint density at radius 1 is 1.17 bits per heavy atom. The number of carbonyl (C=O) groups is 1. The Bertz CT molecular complexity index is 951. The first-order chi connectivity index (χ1) is 14.7. The molecule has 30 heavy (non-hydrogen) atoms. The molecule has 0 aliphatic carbocycles. The van der Waals surface area contributed by atoms with E-state index < -0.39 is 0 Å². The minimum absolute atomic E-state index is 0.0288. The third kappa shape index (κ3) is 4.63. The van der Waals surface area contributed by atoms with Crippen molar-refractivity contribution >= 4 is 17.4 Å². The molecule has 1 aliphatic rings. The Morgan fingerprint density at radius 3 is 2.67 bits per heavy atom. The van der Waals surface area contributed by atoms with Crippen LogP contribution in [0.2, 0.25) is 0 Å². The van der Waals surface area contributed by atoms with Gasteiger partial charge in [0, 0.05) is 18.4 Å². The SMILES string of the molecule is COc1ccc(Nc2ncccc2C(=O)NCC(c2ccco2)N2CCCC2)cc1. The lowest BCUT2D eigenvalue weighted by atomic mass is 10.1. The number of benzene rings is 1. The first-order valence-electron chi connectivity index (χ1n) is 10.2. The summed E-state index contributed by atoms with van der Waals surface area (Å²) in [5, 5.41) is 6.29. The average Bonchev–Trinajstić information content (AvgIpc) is 3.50. The molecule has 1 aliphatic heterocycles. The number of aromatic nitrogens is 1. The summed E-state index contributed by atoms with van der Waals surface area (Å²) in [6.07, 6.45) is 5.68. The van der Waals surface area contributed by atoms with E-state index in [1.54, 1.807) is 31.7 Å². The molecule has 0 radical (unpaired) electrons. The van der Waals surface area contributed by atoms with Crippen molar-refractivity contribution in [2.75, 3.05) is 32.1 Å². The van der Waals surface area contributed by atoms with Gasteiger partial charge in [-0.1, -0.05) is 0 Å². The maximum Gasteiger partial charge on any atom is 0.255 e. The van der Waals surface area contributed by atoms with Gasteiger partial charge in [-0.3, -0.25) is 9.69 Å². The summed E-state index contributed by atoms with van der Waals surface area (Å²) in [6.45, 7) is 2.50. The van der Waals surface area contributed by atoms with Crippen LogP contribution in [0.3, 0.4) is 0 Å². The summed E-state index contributed by atoms with van der Waals surface area (Å²) < 4.78 is 10.8. The van der Waals surface area contributed by atoms with Crippen LogP contribution in [0.25, 0.3) is 0 Å². The highest BCUT2D eigenvalue weighted by molar-refractivity contribution is 5.99. The second-order valence-corrected chi connectivity index (χ2v) is 7.24. The van der Waals surface area contributed by atoms with Crippen molar-refractivity contribution in [2.45, 2.75) is 18.9 Å². The highest BCUT2D eigenvalue weighted by Gasteiger charge is 2.26. The van der Waals surface area contributed by atoms with Crippen molar-refractivity contribution in [3.63, 3.8) is 0 Å². The molecule has 7 nitrogen and oxygen atoms in total. The van der Waals surface area contributed by atoms with Crippen molar-refractivity contribution in [3.05, 3.63) is 72.3 Å². The summed E-state index contributed by atoms with van der Waals surface area (Å²) in [5.41, 5.74) is 1.32.